The third-order valence-corrected chi connectivity index (χ3v) is 2.84. The van der Waals surface area contributed by atoms with Gasteiger partial charge in [0.1, 0.15) is 0 Å². The number of hydrogen-bond donors (Lipinski definition) is 1. The average Bonchev–Trinajstić information content (AvgIpc) is 2.23. The normalized spacial score (nSPS) is 10.6. The molecule has 94 valence electrons. The molecule has 1 amide bonds. The maximum absolute atomic E-state index is 11.5. The van der Waals surface area contributed by atoms with E-state index in [0.29, 0.717) is 23.8 Å². The first-order valence-electron chi connectivity index (χ1n) is 5.33. The molecule has 4 nitrogen and oxygen atoms in total. The molecule has 0 aliphatic carbocycles. The summed E-state index contributed by atoms with van der Waals surface area (Å²) in [5.41, 5.74) is 7.37. The zero-order chi connectivity index (χ0) is 13.0. The van der Waals surface area contributed by atoms with Gasteiger partial charge in [0.15, 0.2) is 0 Å². The first kappa shape index (κ1) is 13.8. The minimum Gasteiger partial charge on any atom is -0.398 e. The first-order valence-corrected chi connectivity index (χ1v) is 5.71. The van der Waals surface area contributed by atoms with Crippen LogP contribution >= 0.6 is 11.6 Å². The van der Waals surface area contributed by atoms with Crippen LogP contribution in [0, 0.1) is 0 Å². The topological polar surface area (TPSA) is 49.6 Å². The summed E-state index contributed by atoms with van der Waals surface area (Å²) in [6.45, 7) is 0.906. The van der Waals surface area contributed by atoms with Crippen molar-refractivity contribution in [3.63, 3.8) is 0 Å². The summed E-state index contributed by atoms with van der Waals surface area (Å²) in [4.78, 5) is 15.0. The zero-order valence-corrected chi connectivity index (χ0v) is 11.2. The molecule has 17 heavy (non-hydrogen) atoms. The number of likely N-dealkylation sites (N-methyl/N-ethyl adjacent to an activating group) is 2. The van der Waals surface area contributed by atoms with Crippen LogP contribution in [-0.2, 0) is 11.3 Å². The molecule has 0 unspecified atom stereocenters. The van der Waals surface area contributed by atoms with Crippen molar-refractivity contribution < 1.29 is 4.79 Å². The van der Waals surface area contributed by atoms with Gasteiger partial charge in [-0.1, -0.05) is 17.7 Å². The van der Waals surface area contributed by atoms with Gasteiger partial charge in [0.2, 0.25) is 5.91 Å². The SMILES string of the molecule is CN(CC(=O)N(C)C)Cc1c(N)cccc1Cl. The molecule has 0 atom stereocenters. The van der Waals surface area contributed by atoms with Gasteiger partial charge in [-0.15, -0.1) is 0 Å². The van der Waals surface area contributed by atoms with Gasteiger partial charge in [-0.25, -0.2) is 0 Å². The molecule has 0 aliphatic heterocycles. The van der Waals surface area contributed by atoms with Crippen molar-refractivity contribution in [2.45, 2.75) is 6.54 Å². The molecule has 0 heterocycles. The van der Waals surface area contributed by atoms with E-state index in [0.717, 1.165) is 5.56 Å². The lowest BCUT2D eigenvalue weighted by molar-refractivity contribution is -0.129. The number of carbonyl (C=O) groups excluding carboxylic acids is 1. The lowest BCUT2D eigenvalue weighted by Gasteiger charge is -2.20. The monoisotopic (exact) mass is 255 g/mol. The van der Waals surface area contributed by atoms with Crippen LogP contribution in [0.5, 0.6) is 0 Å². The first-order chi connectivity index (χ1) is 7.91. The smallest absolute Gasteiger partial charge is 0.236 e. The summed E-state index contributed by atoms with van der Waals surface area (Å²) in [6, 6.07) is 5.42. The van der Waals surface area contributed by atoms with Gasteiger partial charge < -0.3 is 10.6 Å². The van der Waals surface area contributed by atoms with Crippen molar-refractivity contribution in [2.75, 3.05) is 33.4 Å². The van der Waals surface area contributed by atoms with E-state index in [-0.39, 0.29) is 5.91 Å². The highest BCUT2D eigenvalue weighted by atomic mass is 35.5. The Bertz CT molecular complexity index is 386. The maximum Gasteiger partial charge on any atom is 0.236 e. The summed E-state index contributed by atoms with van der Waals surface area (Å²) in [5.74, 6) is 0.0538. The Morgan fingerprint density at radius 3 is 2.53 bits per heavy atom. The molecule has 1 aromatic rings. The van der Waals surface area contributed by atoms with Gasteiger partial charge in [-0.2, -0.15) is 0 Å². The molecular formula is C12H18ClN3O. The lowest BCUT2D eigenvalue weighted by atomic mass is 10.1. The van der Waals surface area contributed by atoms with Gasteiger partial charge >= 0.3 is 0 Å². The molecule has 1 aromatic carbocycles. The molecule has 0 saturated heterocycles. The molecule has 5 heteroatoms. The van der Waals surface area contributed by atoms with Gasteiger partial charge in [0.05, 0.1) is 6.54 Å². The molecular weight excluding hydrogens is 238 g/mol. The standard InChI is InChI=1S/C12H18ClN3O/c1-15(2)12(17)8-16(3)7-9-10(13)5-4-6-11(9)14/h4-6H,7-8,14H2,1-3H3. The molecule has 2 N–H and O–H groups in total. The molecule has 0 fully saturated rings. The number of amides is 1. The molecule has 0 aliphatic rings. The fraction of sp³-hybridized carbons (Fsp3) is 0.417. The van der Waals surface area contributed by atoms with Gasteiger partial charge in [-0.05, 0) is 19.2 Å². The van der Waals surface area contributed by atoms with Gasteiger partial charge in [-0.3, -0.25) is 9.69 Å². The fourth-order valence-electron chi connectivity index (χ4n) is 1.44. The van der Waals surface area contributed by atoms with E-state index in [2.05, 4.69) is 0 Å². The quantitative estimate of drug-likeness (QED) is 0.829. The summed E-state index contributed by atoms with van der Waals surface area (Å²) >= 11 is 6.07. The zero-order valence-electron chi connectivity index (χ0n) is 10.4. The van der Waals surface area contributed by atoms with Crippen LogP contribution in [0.2, 0.25) is 5.02 Å². The number of rotatable bonds is 4. The molecule has 1 rings (SSSR count). The van der Waals surface area contributed by atoms with Crippen molar-refractivity contribution in [3.8, 4) is 0 Å². The number of nitrogens with two attached hydrogens (primary N) is 1. The number of nitrogen functional groups attached to an aromatic ring is 1. The van der Waals surface area contributed by atoms with Crippen LogP contribution in [0.25, 0.3) is 0 Å². The summed E-state index contributed by atoms with van der Waals surface area (Å²) in [5, 5.41) is 0.633. The van der Waals surface area contributed by atoms with Crippen molar-refractivity contribution in [1.29, 1.82) is 0 Å². The van der Waals surface area contributed by atoms with E-state index in [1.807, 2.05) is 24.1 Å². The van der Waals surface area contributed by atoms with E-state index < -0.39 is 0 Å². The van der Waals surface area contributed by atoms with Crippen molar-refractivity contribution in [2.24, 2.45) is 0 Å². The van der Waals surface area contributed by atoms with Crippen LogP contribution in [0.4, 0.5) is 5.69 Å². The predicted octanol–water partition coefficient (Wildman–Crippen LogP) is 1.44. The van der Waals surface area contributed by atoms with E-state index in [9.17, 15) is 4.79 Å². The third-order valence-electron chi connectivity index (χ3n) is 2.49. The molecule has 0 aromatic heterocycles. The Morgan fingerprint density at radius 2 is 2.00 bits per heavy atom. The highest BCUT2D eigenvalue weighted by Crippen LogP contribution is 2.22. The average molecular weight is 256 g/mol. The molecule has 0 saturated carbocycles. The minimum absolute atomic E-state index is 0.0538. The highest BCUT2D eigenvalue weighted by Gasteiger charge is 2.11. The maximum atomic E-state index is 11.5. The van der Waals surface area contributed by atoms with Crippen LogP contribution in [0.1, 0.15) is 5.56 Å². The number of halogens is 1. The Morgan fingerprint density at radius 1 is 1.35 bits per heavy atom. The number of nitrogens with zero attached hydrogens (tertiary/aromatic N) is 2. The molecule has 0 radical (unpaired) electrons. The second-order valence-electron chi connectivity index (χ2n) is 4.27. The second-order valence-corrected chi connectivity index (χ2v) is 4.68. The fourth-order valence-corrected chi connectivity index (χ4v) is 1.68. The largest absolute Gasteiger partial charge is 0.398 e. The van der Waals surface area contributed by atoms with Crippen molar-refractivity contribution >= 4 is 23.2 Å². The van der Waals surface area contributed by atoms with E-state index in [1.165, 1.54) is 0 Å². The summed E-state index contributed by atoms with van der Waals surface area (Å²) in [6.07, 6.45) is 0. The molecule has 0 spiro atoms. The van der Waals surface area contributed by atoms with E-state index in [4.69, 9.17) is 17.3 Å². The predicted molar refractivity (Wildman–Crippen MR) is 70.9 cm³/mol. The Kier molecular flexibility index (Phi) is 4.78. The minimum atomic E-state index is 0.0538. The molecule has 0 bridgehead atoms. The van der Waals surface area contributed by atoms with Crippen LogP contribution < -0.4 is 5.73 Å². The second kappa shape index (κ2) is 5.89. The van der Waals surface area contributed by atoms with Gasteiger partial charge in [0.25, 0.3) is 0 Å². The van der Waals surface area contributed by atoms with Crippen LogP contribution in [0.15, 0.2) is 18.2 Å². The highest BCUT2D eigenvalue weighted by molar-refractivity contribution is 6.31. The number of hydrogen-bond acceptors (Lipinski definition) is 3. The van der Waals surface area contributed by atoms with Gasteiger partial charge in [0, 0.05) is 36.9 Å². The summed E-state index contributed by atoms with van der Waals surface area (Å²) < 4.78 is 0. The Labute approximate surface area is 107 Å². The number of benzene rings is 1. The van der Waals surface area contributed by atoms with Crippen LogP contribution in [0.3, 0.4) is 0 Å². The third kappa shape index (κ3) is 3.91. The van der Waals surface area contributed by atoms with Crippen LogP contribution in [-0.4, -0.2) is 43.4 Å². The van der Waals surface area contributed by atoms with E-state index in [1.54, 1.807) is 25.1 Å². The Hall–Kier alpha value is -1.26. The van der Waals surface area contributed by atoms with E-state index >= 15 is 0 Å². The van der Waals surface area contributed by atoms with Crippen molar-refractivity contribution in [1.82, 2.24) is 9.80 Å². The van der Waals surface area contributed by atoms with Crippen molar-refractivity contribution in [3.05, 3.63) is 28.8 Å². The number of carbonyl (C=O) groups is 1. The number of anilines is 1. The summed E-state index contributed by atoms with van der Waals surface area (Å²) in [7, 11) is 5.34. The lowest BCUT2D eigenvalue weighted by Crippen LogP contribution is -2.34. The Balaban J connectivity index is 2.68.